The van der Waals surface area contributed by atoms with E-state index < -0.39 is 0 Å². The largest absolute Gasteiger partial charge is 0.367 e. The van der Waals surface area contributed by atoms with E-state index in [1.165, 1.54) is 25.7 Å². The molecule has 0 saturated heterocycles. The van der Waals surface area contributed by atoms with Crippen LogP contribution in [0.15, 0.2) is 53.8 Å². The van der Waals surface area contributed by atoms with E-state index in [2.05, 4.69) is 15.4 Å². The van der Waals surface area contributed by atoms with Crippen LogP contribution in [0, 0.1) is 0 Å². The van der Waals surface area contributed by atoms with Gasteiger partial charge >= 0.3 is 0 Å². The van der Waals surface area contributed by atoms with Gasteiger partial charge in [-0.05, 0) is 31.0 Å². The third kappa shape index (κ3) is 3.33. The fourth-order valence-electron chi connectivity index (χ4n) is 3.32. The van der Waals surface area contributed by atoms with Crippen LogP contribution in [-0.4, -0.2) is 25.4 Å². The number of hydrogen-bond donors (Lipinski definition) is 1. The Morgan fingerprint density at radius 3 is 2.56 bits per heavy atom. The van der Waals surface area contributed by atoms with E-state index in [0.717, 1.165) is 22.6 Å². The van der Waals surface area contributed by atoms with Crippen molar-refractivity contribution in [3.63, 3.8) is 0 Å². The summed E-state index contributed by atoms with van der Waals surface area (Å²) in [4.78, 5) is 16.7. The summed E-state index contributed by atoms with van der Waals surface area (Å²) in [6.45, 7) is 0. The van der Waals surface area contributed by atoms with E-state index in [0.29, 0.717) is 6.04 Å². The van der Waals surface area contributed by atoms with Gasteiger partial charge in [-0.2, -0.15) is 5.10 Å². The minimum atomic E-state index is -0.0778. The Hall–Kier alpha value is -2.89. The van der Waals surface area contributed by atoms with Gasteiger partial charge in [0.25, 0.3) is 5.56 Å². The average molecular weight is 335 g/mol. The van der Waals surface area contributed by atoms with Crippen molar-refractivity contribution in [3.8, 4) is 16.8 Å². The Kier molecular flexibility index (Phi) is 4.09. The van der Waals surface area contributed by atoms with Crippen molar-refractivity contribution in [2.75, 3.05) is 5.32 Å². The van der Waals surface area contributed by atoms with Crippen LogP contribution in [-0.2, 0) is 7.05 Å². The molecule has 3 aromatic rings. The Balaban J connectivity index is 1.61. The zero-order valence-corrected chi connectivity index (χ0v) is 14.2. The number of aryl methyl sites for hydroxylation is 1. The highest BCUT2D eigenvalue weighted by atomic mass is 16.1. The molecule has 25 heavy (non-hydrogen) atoms. The topological polar surface area (TPSA) is 64.7 Å². The first-order chi connectivity index (χ1) is 12.2. The molecule has 3 heterocycles. The molecule has 1 aliphatic rings. The van der Waals surface area contributed by atoms with Gasteiger partial charge < -0.3 is 5.32 Å². The highest BCUT2D eigenvalue weighted by Gasteiger charge is 2.14. The Morgan fingerprint density at radius 1 is 1.04 bits per heavy atom. The molecule has 128 valence electrons. The first kappa shape index (κ1) is 15.6. The maximum absolute atomic E-state index is 12.3. The molecule has 0 unspecified atom stereocenters. The van der Waals surface area contributed by atoms with Crippen molar-refractivity contribution in [1.29, 1.82) is 0 Å². The molecule has 1 fully saturated rings. The number of hydrogen-bond acceptors (Lipinski definition) is 4. The molecular weight excluding hydrogens is 314 g/mol. The quantitative estimate of drug-likeness (QED) is 0.796. The van der Waals surface area contributed by atoms with Crippen molar-refractivity contribution < 1.29 is 0 Å². The van der Waals surface area contributed by atoms with Crippen LogP contribution >= 0.6 is 0 Å². The second kappa shape index (κ2) is 6.55. The SMILES string of the molecule is Cn1cc(-c2ccc(=O)n(-c3ccc(NC4CCCC4)nc3)c2)cn1. The number of nitrogens with one attached hydrogen (secondary N) is 1. The van der Waals surface area contributed by atoms with Gasteiger partial charge in [-0.25, -0.2) is 4.98 Å². The van der Waals surface area contributed by atoms with Crippen molar-refractivity contribution in [2.24, 2.45) is 7.05 Å². The second-order valence-electron chi connectivity index (χ2n) is 6.56. The first-order valence-corrected chi connectivity index (χ1v) is 8.64. The Labute approximate surface area is 146 Å². The molecule has 1 aliphatic carbocycles. The lowest BCUT2D eigenvalue weighted by Gasteiger charge is -2.13. The predicted octanol–water partition coefficient (Wildman–Crippen LogP) is 2.99. The van der Waals surface area contributed by atoms with Gasteiger partial charge in [0, 0.05) is 42.7 Å². The Bertz CT molecular complexity index is 919. The fraction of sp³-hybridized carbons (Fsp3) is 0.316. The van der Waals surface area contributed by atoms with Crippen LogP contribution < -0.4 is 10.9 Å². The van der Waals surface area contributed by atoms with Gasteiger partial charge in [-0.15, -0.1) is 0 Å². The van der Waals surface area contributed by atoms with Crippen LogP contribution in [0.1, 0.15) is 25.7 Å². The normalized spacial score (nSPS) is 14.8. The van der Waals surface area contributed by atoms with Crippen molar-refractivity contribution >= 4 is 5.82 Å². The summed E-state index contributed by atoms with van der Waals surface area (Å²) in [5, 5.41) is 7.65. The molecule has 1 saturated carbocycles. The van der Waals surface area contributed by atoms with Crippen LogP contribution in [0.3, 0.4) is 0 Å². The van der Waals surface area contributed by atoms with Crippen LogP contribution in [0.2, 0.25) is 0 Å². The summed E-state index contributed by atoms with van der Waals surface area (Å²) in [5.74, 6) is 0.868. The van der Waals surface area contributed by atoms with Crippen molar-refractivity contribution in [3.05, 3.63) is 59.4 Å². The Morgan fingerprint density at radius 2 is 1.88 bits per heavy atom. The summed E-state index contributed by atoms with van der Waals surface area (Å²) >= 11 is 0. The summed E-state index contributed by atoms with van der Waals surface area (Å²) in [6.07, 6.45) is 12.3. The molecule has 0 atom stereocenters. The highest BCUT2D eigenvalue weighted by molar-refractivity contribution is 5.61. The molecule has 0 spiro atoms. The van der Waals surface area contributed by atoms with E-state index in [4.69, 9.17) is 0 Å². The molecular formula is C19H21N5O. The van der Waals surface area contributed by atoms with Gasteiger partial charge in [0.1, 0.15) is 5.82 Å². The average Bonchev–Trinajstić information content (AvgIpc) is 3.28. The number of pyridine rings is 2. The van der Waals surface area contributed by atoms with Crippen molar-refractivity contribution in [1.82, 2.24) is 19.3 Å². The van der Waals surface area contributed by atoms with E-state index in [1.807, 2.05) is 37.6 Å². The predicted molar refractivity (Wildman–Crippen MR) is 97.9 cm³/mol. The number of aromatic nitrogens is 4. The maximum Gasteiger partial charge on any atom is 0.255 e. The molecule has 4 rings (SSSR count). The van der Waals surface area contributed by atoms with Crippen molar-refractivity contribution in [2.45, 2.75) is 31.7 Å². The van der Waals surface area contributed by atoms with Gasteiger partial charge in [0.05, 0.1) is 18.1 Å². The van der Waals surface area contributed by atoms with Crippen LogP contribution in [0.5, 0.6) is 0 Å². The molecule has 6 heteroatoms. The number of rotatable bonds is 4. The van der Waals surface area contributed by atoms with Gasteiger partial charge in [0.15, 0.2) is 0 Å². The van der Waals surface area contributed by atoms with E-state index in [-0.39, 0.29) is 5.56 Å². The summed E-state index contributed by atoms with van der Waals surface area (Å²) in [6, 6.07) is 7.79. The van der Waals surface area contributed by atoms with E-state index >= 15 is 0 Å². The lowest BCUT2D eigenvalue weighted by Crippen LogP contribution is -2.18. The zero-order chi connectivity index (χ0) is 17.2. The third-order valence-electron chi connectivity index (χ3n) is 4.68. The lowest BCUT2D eigenvalue weighted by molar-refractivity contribution is 0.750. The first-order valence-electron chi connectivity index (χ1n) is 8.64. The van der Waals surface area contributed by atoms with Gasteiger partial charge in [-0.1, -0.05) is 12.8 Å². The minimum Gasteiger partial charge on any atom is -0.367 e. The third-order valence-corrected chi connectivity index (χ3v) is 4.68. The number of nitrogens with zero attached hydrogens (tertiary/aromatic N) is 4. The van der Waals surface area contributed by atoms with E-state index in [9.17, 15) is 4.79 Å². The molecule has 0 amide bonds. The second-order valence-corrected chi connectivity index (χ2v) is 6.56. The van der Waals surface area contributed by atoms with Gasteiger partial charge in [-0.3, -0.25) is 14.0 Å². The summed E-state index contributed by atoms with van der Waals surface area (Å²) in [5.41, 5.74) is 2.60. The minimum absolute atomic E-state index is 0.0778. The molecule has 0 bridgehead atoms. The highest BCUT2D eigenvalue weighted by Crippen LogP contribution is 2.22. The van der Waals surface area contributed by atoms with Gasteiger partial charge in [0.2, 0.25) is 0 Å². The number of anilines is 1. The zero-order valence-electron chi connectivity index (χ0n) is 14.2. The molecule has 0 aliphatic heterocycles. The maximum atomic E-state index is 12.3. The monoisotopic (exact) mass is 335 g/mol. The molecule has 3 aromatic heterocycles. The molecule has 0 aromatic carbocycles. The van der Waals surface area contributed by atoms with E-state index in [1.54, 1.807) is 27.7 Å². The van der Waals surface area contributed by atoms with Crippen LogP contribution in [0.25, 0.3) is 16.8 Å². The summed E-state index contributed by atoms with van der Waals surface area (Å²) in [7, 11) is 1.87. The fourth-order valence-corrected chi connectivity index (χ4v) is 3.32. The van der Waals surface area contributed by atoms with Crippen LogP contribution in [0.4, 0.5) is 5.82 Å². The lowest BCUT2D eigenvalue weighted by atomic mass is 10.1. The smallest absolute Gasteiger partial charge is 0.255 e. The molecule has 1 N–H and O–H groups in total. The summed E-state index contributed by atoms with van der Waals surface area (Å²) < 4.78 is 3.37. The standard InChI is InChI=1S/C19H21N5O/c1-23-12-15(10-21-23)14-6-9-19(25)24(13-14)17-7-8-18(20-11-17)22-16-4-2-3-5-16/h6-13,16H,2-5H2,1H3,(H,20,22). The molecule has 0 radical (unpaired) electrons. The molecule has 6 nitrogen and oxygen atoms in total.